The molecule has 0 radical (unpaired) electrons. The Morgan fingerprint density at radius 2 is 1.82 bits per heavy atom. The minimum absolute atomic E-state index is 0.00749. The van der Waals surface area contributed by atoms with E-state index in [4.69, 9.17) is 9.84 Å². The summed E-state index contributed by atoms with van der Waals surface area (Å²) >= 11 is 0. The van der Waals surface area contributed by atoms with Crippen molar-refractivity contribution in [3.63, 3.8) is 0 Å². The van der Waals surface area contributed by atoms with Gasteiger partial charge in [-0.1, -0.05) is 12.1 Å². The molecule has 0 aromatic heterocycles. The number of hydrogen-bond acceptors (Lipinski definition) is 4. The van der Waals surface area contributed by atoms with Crippen molar-refractivity contribution in [2.45, 2.75) is 0 Å². The van der Waals surface area contributed by atoms with Gasteiger partial charge in [0.25, 0.3) is 0 Å². The maximum absolute atomic E-state index is 11.5. The van der Waals surface area contributed by atoms with Gasteiger partial charge in [0.2, 0.25) is 0 Å². The van der Waals surface area contributed by atoms with Crippen LogP contribution in [0.3, 0.4) is 0 Å². The van der Waals surface area contributed by atoms with Crippen LogP contribution in [0.5, 0.6) is 5.75 Å². The number of ether oxygens (including phenoxy) is 1. The number of phenols is 1. The second-order valence-electron chi connectivity index (χ2n) is 3.61. The highest BCUT2D eigenvalue weighted by Gasteiger charge is 2.07. The second kappa shape index (κ2) is 4.84. The third-order valence-electron chi connectivity index (χ3n) is 2.38. The van der Waals surface area contributed by atoms with E-state index in [0.717, 1.165) is 10.8 Å². The lowest BCUT2D eigenvalue weighted by Gasteiger charge is -2.04. The summed E-state index contributed by atoms with van der Waals surface area (Å²) in [5.41, 5.74) is 0.427. The Hall–Kier alpha value is -2.07. The second-order valence-corrected chi connectivity index (χ2v) is 3.61. The first-order chi connectivity index (χ1) is 8.20. The van der Waals surface area contributed by atoms with Crippen molar-refractivity contribution >= 4 is 16.7 Å². The third-order valence-corrected chi connectivity index (χ3v) is 2.38. The van der Waals surface area contributed by atoms with Gasteiger partial charge in [0.05, 0.1) is 12.2 Å². The molecule has 17 heavy (non-hydrogen) atoms. The summed E-state index contributed by atoms with van der Waals surface area (Å²) in [5, 5.41) is 19.6. The van der Waals surface area contributed by atoms with E-state index >= 15 is 0 Å². The molecule has 0 aliphatic carbocycles. The Balaban J connectivity index is 2.31. The summed E-state index contributed by atoms with van der Waals surface area (Å²) in [7, 11) is 0. The number of benzene rings is 2. The molecule has 0 fully saturated rings. The highest BCUT2D eigenvalue weighted by atomic mass is 16.5. The lowest BCUT2D eigenvalue weighted by Crippen LogP contribution is -2.08. The molecule has 2 aromatic rings. The minimum Gasteiger partial charge on any atom is -0.508 e. The quantitative estimate of drug-likeness (QED) is 0.790. The summed E-state index contributed by atoms with van der Waals surface area (Å²) < 4.78 is 4.81. The topological polar surface area (TPSA) is 66.8 Å². The zero-order valence-electron chi connectivity index (χ0n) is 9.09. The van der Waals surface area contributed by atoms with Gasteiger partial charge in [0.1, 0.15) is 12.4 Å². The maximum atomic E-state index is 11.5. The molecule has 4 heteroatoms. The van der Waals surface area contributed by atoms with E-state index in [-0.39, 0.29) is 19.0 Å². The molecule has 0 aliphatic heterocycles. The van der Waals surface area contributed by atoms with Crippen molar-refractivity contribution < 1.29 is 19.7 Å². The lowest BCUT2D eigenvalue weighted by molar-refractivity contribution is 0.0434. The Bertz CT molecular complexity index is 548. The molecule has 0 spiro atoms. The Kier molecular flexibility index (Phi) is 3.25. The molecular weight excluding hydrogens is 220 g/mol. The first-order valence-corrected chi connectivity index (χ1v) is 5.21. The van der Waals surface area contributed by atoms with Crippen LogP contribution >= 0.6 is 0 Å². The van der Waals surface area contributed by atoms with Crippen LogP contribution in [0.4, 0.5) is 0 Å². The van der Waals surface area contributed by atoms with Gasteiger partial charge >= 0.3 is 5.97 Å². The average Bonchev–Trinajstić information content (AvgIpc) is 2.35. The standard InChI is InChI=1S/C13H12O4/c14-5-6-17-13(16)11-2-1-10-8-12(15)4-3-9(10)7-11/h1-4,7-8,14-15H,5-6H2. The highest BCUT2D eigenvalue weighted by molar-refractivity contribution is 5.95. The Morgan fingerprint density at radius 3 is 2.59 bits per heavy atom. The summed E-state index contributed by atoms with van der Waals surface area (Å²) in [5.74, 6) is -0.276. The van der Waals surface area contributed by atoms with Crippen LogP contribution in [0, 0.1) is 0 Å². The third kappa shape index (κ3) is 2.54. The molecule has 88 valence electrons. The van der Waals surface area contributed by atoms with E-state index in [2.05, 4.69) is 0 Å². The number of aliphatic hydroxyl groups is 1. The fraction of sp³-hybridized carbons (Fsp3) is 0.154. The molecule has 4 nitrogen and oxygen atoms in total. The molecule has 0 heterocycles. The molecule has 2 rings (SSSR count). The molecule has 0 saturated carbocycles. The van der Waals surface area contributed by atoms with E-state index in [1.807, 2.05) is 0 Å². The van der Waals surface area contributed by atoms with E-state index in [0.29, 0.717) is 5.56 Å². The molecule has 2 aromatic carbocycles. The number of aromatic hydroxyl groups is 1. The highest BCUT2D eigenvalue weighted by Crippen LogP contribution is 2.21. The first kappa shape index (κ1) is 11.4. The number of phenolic OH excluding ortho intramolecular Hbond substituents is 1. The maximum Gasteiger partial charge on any atom is 0.338 e. The molecule has 0 unspecified atom stereocenters. The van der Waals surface area contributed by atoms with Gasteiger partial charge in [-0.2, -0.15) is 0 Å². The molecule has 0 amide bonds. The van der Waals surface area contributed by atoms with Crippen molar-refractivity contribution in [2.24, 2.45) is 0 Å². The fourth-order valence-corrected chi connectivity index (χ4v) is 1.58. The van der Waals surface area contributed by atoms with Crippen LogP contribution in [-0.2, 0) is 4.74 Å². The number of aliphatic hydroxyl groups excluding tert-OH is 1. The van der Waals surface area contributed by atoms with Crippen molar-refractivity contribution in [3.8, 4) is 5.75 Å². The fourth-order valence-electron chi connectivity index (χ4n) is 1.58. The number of carbonyl (C=O) groups excluding carboxylic acids is 1. The number of fused-ring (bicyclic) bond motifs is 1. The number of rotatable bonds is 3. The van der Waals surface area contributed by atoms with Gasteiger partial charge in [-0.15, -0.1) is 0 Å². The van der Waals surface area contributed by atoms with E-state index in [1.165, 1.54) is 0 Å². The van der Waals surface area contributed by atoms with Crippen LogP contribution < -0.4 is 0 Å². The van der Waals surface area contributed by atoms with Crippen LogP contribution in [0.15, 0.2) is 36.4 Å². The summed E-state index contributed by atoms with van der Waals surface area (Å²) in [6.45, 7) is -0.195. The number of carbonyl (C=O) groups is 1. The monoisotopic (exact) mass is 232 g/mol. The molecule has 0 bridgehead atoms. The van der Waals surface area contributed by atoms with E-state index < -0.39 is 5.97 Å². The van der Waals surface area contributed by atoms with Gasteiger partial charge in [0, 0.05) is 0 Å². The molecular formula is C13H12O4. The smallest absolute Gasteiger partial charge is 0.338 e. The predicted octanol–water partition coefficient (Wildman–Crippen LogP) is 1.69. The van der Waals surface area contributed by atoms with E-state index in [9.17, 15) is 9.90 Å². The van der Waals surface area contributed by atoms with Gasteiger partial charge in [-0.25, -0.2) is 4.79 Å². The van der Waals surface area contributed by atoms with Crippen LogP contribution in [0.1, 0.15) is 10.4 Å². The Labute approximate surface area is 98.1 Å². The lowest BCUT2D eigenvalue weighted by atomic mass is 10.1. The van der Waals surface area contributed by atoms with Gasteiger partial charge < -0.3 is 14.9 Å². The largest absolute Gasteiger partial charge is 0.508 e. The molecule has 0 atom stereocenters. The summed E-state index contributed by atoms with van der Waals surface area (Å²) in [6, 6.07) is 9.97. The van der Waals surface area contributed by atoms with Crippen LogP contribution in [0.25, 0.3) is 10.8 Å². The zero-order chi connectivity index (χ0) is 12.3. The van der Waals surface area contributed by atoms with Crippen molar-refractivity contribution in [1.29, 1.82) is 0 Å². The minimum atomic E-state index is -0.464. The van der Waals surface area contributed by atoms with E-state index in [1.54, 1.807) is 36.4 Å². The van der Waals surface area contributed by atoms with Crippen molar-refractivity contribution in [3.05, 3.63) is 42.0 Å². The summed E-state index contributed by atoms with van der Waals surface area (Å²) in [6.07, 6.45) is 0. The Morgan fingerprint density at radius 1 is 1.12 bits per heavy atom. The molecule has 0 aliphatic rings. The predicted molar refractivity (Wildman–Crippen MR) is 63.0 cm³/mol. The van der Waals surface area contributed by atoms with Crippen molar-refractivity contribution in [2.75, 3.05) is 13.2 Å². The number of hydrogen-bond donors (Lipinski definition) is 2. The van der Waals surface area contributed by atoms with Gasteiger partial charge in [-0.3, -0.25) is 0 Å². The summed E-state index contributed by atoms with van der Waals surface area (Å²) in [4.78, 5) is 11.5. The van der Waals surface area contributed by atoms with Crippen molar-refractivity contribution in [1.82, 2.24) is 0 Å². The SMILES string of the molecule is O=C(OCCO)c1ccc2cc(O)ccc2c1. The average molecular weight is 232 g/mol. The number of esters is 1. The van der Waals surface area contributed by atoms with Crippen LogP contribution in [0.2, 0.25) is 0 Å². The first-order valence-electron chi connectivity index (χ1n) is 5.21. The van der Waals surface area contributed by atoms with Gasteiger partial charge in [-0.05, 0) is 35.0 Å². The molecule has 2 N–H and O–H groups in total. The van der Waals surface area contributed by atoms with Gasteiger partial charge in [0.15, 0.2) is 0 Å². The van der Waals surface area contributed by atoms with Crippen LogP contribution in [-0.4, -0.2) is 29.4 Å². The zero-order valence-corrected chi connectivity index (χ0v) is 9.09. The normalized spacial score (nSPS) is 10.4. The molecule has 0 saturated heterocycles.